The van der Waals surface area contributed by atoms with Crippen LogP contribution in [0, 0.1) is 11.3 Å². The topological polar surface area (TPSA) is 74.8 Å². The second-order valence-corrected chi connectivity index (χ2v) is 4.19. The molecule has 13 heavy (non-hydrogen) atoms. The molecule has 5 heteroatoms. The highest BCUT2D eigenvalue weighted by Gasteiger charge is 2.22. The Bertz CT molecular complexity index is 316. The van der Waals surface area contributed by atoms with E-state index in [9.17, 15) is 0 Å². The number of guanidine groups is 1. The Hall–Kier alpha value is -1.10. The van der Waals surface area contributed by atoms with Crippen LogP contribution in [0.25, 0.3) is 0 Å². The maximum atomic E-state index is 7.03. The van der Waals surface area contributed by atoms with Crippen LogP contribution in [0.5, 0.6) is 0 Å². The number of nitrogens with zero attached hydrogens (tertiary/aromatic N) is 1. The van der Waals surface area contributed by atoms with E-state index in [1.165, 1.54) is 24.2 Å². The number of rotatable bonds is 3. The summed E-state index contributed by atoms with van der Waals surface area (Å²) in [4.78, 5) is 4.32. The lowest BCUT2D eigenvalue weighted by molar-refractivity contribution is 0.812. The predicted octanol–water partition coefficient (Wildman–Crippen LogP) is 1.40. The standard InChI is InChI=1S/C8H12N4S/c9-7(10)12-8-11-6(4-13-8)3-5-1-2-5/h4-5H,1-3H2,(H4,9,10,11,12). The van der Waals surface area contributed by atoms with Gasteiger partial charge in [0.15, 0.2) is 11.1 Å². The molecule has 70 valence electrons. The molecule has 0 aliphatic heterocycles. The molecule has 1 heterocycles. The molecule has 2 rings (SSSR count). The van der Waals surface area contributed by atoms with Gasteiger partial charge in [-0.05, 0) is 25.2 Å². The molecule has 1 aliphatic carbocycles. The molecule has 1 fully saturated rings. The van der Waals surface area contributed by atoms with Gasteiger partial charge in [-0.25, -0.2) is 4.98 Å². The van der Waals surface area contributed by atoms with Crippen molar-refractivity contribution in [1.82, 2.24) is 4.98 Å². The van der Waals surface area contributed by atoms with Crippen molar-refractivity contribution in [2.75, 3.05) is 5.32 Å². The van der Waals surface area contributed by atoms with Crippen molar-refractivity contribution < 1.29 is 0 Å². The fourth-order valence-corrected chi connectivity index (χ4v) is 1.93. The van der Waals surface area contributed by atoms with Crippen molar-refractivity contribution in [3.8, 4) is 0 Å². The third kappa shape index (κ3) is 2.42. The molecule has 1 aliphatic rings. The molecule has 4 nitrogen and oxygen atoms in total. The summed E-state index contributed by atoms with van der Waals surface area (Å²) in [5, 5.41) is 12.5. The minimum Gasteiger partial charge on any atom is -0.370 e. The first-order valence-electron chi connectivity index (χ1n) is 4.29. The number of hydrogen-bond acceptors (Lipinski definition) is 3. The quantitative estimate of drug-likeness (QED) is 0.505. The van der Waals surface area contributed by atoms with E-state index in [0.29, 0.717) is 0 Å². The normalized spacial score (nSPS) is 15.7. The highest BCUT2D eigenvalue weighted by molar-refractivity contribution is 7.13. The molecule has 0 unspecified atom stereocenters. The van der Waals surface area contributed by atoms with Gasteiger partial charge in [0.25, 0.3) is 0 Å². The zero-order valence-electron chi connectivity index (χ0n) is 7.21. The van der Waals surface area contributed by atoms with Crippen LogP contribution in [-0.2, 0) is 6.42 Å². The van der Waals surface area contributed by atoms with Crippen LogP contribution in [0.2, 0.25) is 0 Å². The monoisotopic (exact) mass is 196 g/mol. The van der Waals surface area contributed by atoms with E-state index in [2.05, 4.69) is 10.3 Å². The summed E-state index contributed by atoms with van der Waals surface area (Å²) in [5.41, 5.74) is 6.31. The summed E-state index contributed by atoms with van der Waals surface area (Å²) in [6.45, 7) is 0. The van der Waals surface area contributed by atoms with E-state index in [1.807, 2.05) is 5.38 Å². The van der Waals surface area contributed by atoms with Crippen LogP contribution < -0.4 is 11.1 Å². The summed E-state index contributed by atoms with van der Waals surface area (Å²) in [6.07, 6.45) is 3.76. The molecule has 1 aromatic rings. The Morgan fingerprint density at radius 2 is 2.54 bits per heavy atom. The van der Waals surface area contributed by atoms with Crippen molar-refractivity contribution in [3.05, 3.63) is 11.1 Å². The summed E-state index contributed by atoms with van der Waals surface area (Å²) < 4.78 is 0. The molecule has 4 N–H and O–H groups in total. The van der Waals surface area contributed by atoms with E-state index in [0.717, 1.165) is 23.2 Å². The minimum atomic E-state index is -0.0488. The van der Waals surface area contributed by atoms with Gasteiger partial charge in [0.2, 0.25) is 0 Å². The van der Waals surface area contributed by atoms with Gasteiger partial charge in [0, 0.05) is 5.38 Å². The zero-order valence-corrected chi connectivity index (χ0v) is 8.03. The fraction of sp³-hybridized carbons (Fsp3) is 0.500. The Morgan fingerprint density at radius 3 is 3.15 bits per heavy atom. The number of nitrogens with two attached hydrogens (primary N) is 1. The molecule has 0 radical (unpaired) electrons. The van der Waals surface area contributed by atoms with E-state index < -0.39 is 0 Å². The highest BCUT2D eigenvalue weighted by atomic mass is 32.1. The number of anilines is 1. The van der Waals surface area contributed by atoms with Gasteiger partial charge in [-0.1, -0.05) is 0 Å². The van der Waals surface area contributed by atoms with E-state index in [4.69, 9.17) is 11.1 Å². The molecule has 0 atom stereocenters. The van der Waals surface area contributed by atoms with Crippen LogP contribution in [-0.4, -0.2) is 10.9 Å². The lowest BCUT2D eigenvalue weighted by Crippen LogP contribution is -2.20. The van der Waals surface area contributed by atoms with Gasteiger partial charge in [-0.2, -0.15) is 0 Å². The van der Waals surface area contributed by atoms with Crippen molar-refractivity contribution in [3.63, 3.8) is 0 Å². The first-order valence-corrected chi connectivity index (χ1v) is 5.17. The number of aromatic nitrogens is 1. The Kier molecular flexibility index (Phi) is 2.18. The Balaban J connectivity index is 1.95. The Labute approximate surface area is 80.7 Å². The molecule has 0 amide bonds. The van der Waals surface area contributed by atoms with Gasteiger partial charge in [-0.15, -0.1) is 11.3 Å². The smallest absolute Gasteiger partial charge is 0.192 e. The van der Waals surface area contributed by atoms with Crippen LogP contribution in [0.15, 0.2) is 5.38 Å². The number of nitrogens with one attached hydrogen (secondary N) is 2. The maximum absolute atomic E-state index is 7.03. The summed E-state index contributed by atoms with van der Waals surface area (Å²) in [6, 6.07) is 0. The molecule has 1 saturated carbocycles. The van der Waals surface area contributed by atoms with Crippen LogP contribution >= 0.6 is 11.3 Å². The molecule has 1 aromatic heterocycles. The fourth-order valence-electron chi connectivity index (χ4n) is 1.19. The average Bonchev–Trinajstić information content (AvgIpc) is 2.73. The molecule has 0 aromatic carbocycles. The molecule has 0 saturated heterocycles. The second-order valence-electron chi connectivity index (χ2n) is 3.33. The van der Waals surface area contributed by atoms with Gasteiger partial charge >= 0.3 is 0 Å². The summed E-state index contributed by atoms with van der Waals surface area (Å²) in [7, 11) is 0. The molecular weight excluding hydrogens is 184 g/mol. The SMILES string of the molecule is N=C(N)Nc1nc(CC2CC2)cs1. The average molecular weight is 196 g/mol. The third-order valence-corrected chi connectivity index (χ3v) is 2.79. The predicted molar refractivity (Wildman–Crippen MR) is 54.1 cm³/mol. The zero-order chi connectivity index (χ0) is 9.26. The van der Waals surface area contributed by atoms with E-state index in [1.54, 1.807) is 0 Å². The number of hydrogen-bond donors (Lipinski definition) is 3. The van der Waals surface area contributed by atoms with Gasteiger partial charge in [0.1, 0.15) is 0 Å². The Morgan fingerprint density at radius 1 is 1.77 bits per heavy atom. The lowest BCUT2D eigenvalue weighted by Gasteiger charge is -1.96. The van der Waals surface area contributed by atoms with Crippen LogP contribution in [0.4, 0.5) is 5.13 Å². The third-order valence-electron chi connectivity index (χ3n) is 1.99. The first kappa shape index (κ1) is 8.50. The van der Waals surface area contributed by atoms with Crippen LogP contribution in [0.1, 0.15) is 18.5 Å². The highest BCUT2D eigenvalue weighted by Crippen LogP contribution is 2.33. The van der Waals surface area contributed by atoms with Crippen molar-refractivity contribution in [2.24, 2.45) is 11.7 Å². The molecular formula is C8H12N4S. The summed E-state index contributed by atoms with van der Waals surface area (Å²) in [5.74, 6) is 0.805. The summed E-state index contributed by atoms with van der Waals surface area (Å²) >= 11 is 1.50. The van der Waals surface area contributed by atoms with Crippen molar-refractivity contribution >= 4 is 22.4 Å². The minimum absolute atomic E-state index is 0.0488. The molecule has 0 bridgehead atoms. The van der Waals surface area contributed by atoms with E-state index >= 15 is 0 Å². The van der Waals surface area contributed by atoms with Crippen LogP contribution in [0.3, 0.4) is 0 Å². The van der Waals surface area contributed by atoms with Crippen molar-refractivity contribution in [1.29, 1.82) is 5.41 Å². The van der Waals surface area contributed by atoms with Gasteiger partial charge < -0.3 is 11.1 Å². The largest absolute Gasteiger partial charge is 0.370 e. The lowest BCUT2D eigenvalue weighted by atomic mass is 10.2. The van der Waals surface area contributed by atoms with Gasteiger partial charge in [0.05, 0.1) is 5.69 Å². The maximum Gasteiger partial charge on any atom is 0.192 e. The van der Waals surface area contributed by atoms with Crippen molar-refractivity contribution in [2.45, 2.75) is 19.3 Å². The molecule has 0 spiro atoms. The first-order chi connectivity index (χ1) is 6.24. The second kappa shape index (κ2) is 3.33. The number of thiazole rings is 1. The van der Waals surface area contributed by atoms with E-state index in [-0.39, 0.29) is 5.96 Å². The van der Waals surface area contributed by atoms with Gasteiger partial charge in [-0.3, -0.25) is 5.41 Å².